The van der Waals surface area contributed by atoms with E-state index in [2.05, 4.69) is 15.5 Å². The molecule has 1 aromatic heterocycles. The molecule has 0 bridgehead atoms. The molecule has 0 saturated heterocycles. The highest BCUT2D eigenvalue weighted by atomic mass is 16.5. The van der Waals surface area contributed by atoms with Gasteiger partial charge in [0.25, 0.3) is 5.91 Å². The van der Waals surface area contributed by atoms with E-state index in [4.69, 9.17) is 10.5 Å². The number of methoxy groups -OCH3 is 1. The number of rotatable bonds is 5. The molecule has 19 heavy (non-hydrogen) atoms. The van der Waals surface area contributed by atoms with E-state index in [9.17, 15) is 4.79 Å². The highest BCUT2D eigenvalue weighted by Crippen LogP contribution is 2.18. The minimum absolute atomic E-state index is 0.209. The second-order valence-corrected chi connectivity index (χ2v) is 4.65. The number of amides is 1. The molecule has 1 amide bonds. The van der Waals surface area contributed by atoms with Gasteiger partial charge in [-0.15, -0.1) is 0 Å². The SMILES string of the molecule is COCC(C)CNC(=O)c1n[nH]c2ccc(N)cc12. The zero-order chi connectivity index (χ0) is 13.8. The molecule has 6 nitrogen and oxygen atoms in total. The average Bonchev–Trinajstić information content (AvgIpc) is 2.79. The van der Waals surface area contributed by atoms with Crippen LogP contribution in [0.15, 0.2) is 18.2 Å². The third kappa shape index (κ3) is 3.03. The minimum Gasteiger partial charge on any atom is -0.399 e. The van der Waals surface area contributed by atoms with Crippen molar-refractivity contribution in [3.8, 4) is 0 Å². The van der Waals surface area contributed by atoms with Crippen LogP contribution in [-0.2, 0) is 4.74 Å². The monoisotopic (exact) mass is 262 g/mol. The zero-order valence-corrected chi connectivity index (χ0v) is 11.1. The van der Waals surface area contributed by atoms with Crippen LogP contribution in [0.4, 0.5) is 5.69 Å². The Hall–Kier alpha value is -2.08. The second-order valence-electron chi connectivity index (χ2n) is 4.65. The van der Waals surface area contributed by atoms with Crippen molar-refractivity contribution in [1.29, 1.82) is 0 Å². The van der Waals surface area contributed by atoms with E-state index >= 15 is 0 Å². The van der Waals surface area contributed by atoms with Crippen LogP contribution in [0.1, 0.15) is 17.4 Å². The van der Waals surface area contributed by atoms with E-state index in [0.717, 1.165) is 10.9 Å². The van der Waals surface area contributed by atoms with Crippen LogP contribution < -0.4 is 11.1 Å². The number of ether oxygens (including phenoxy) is 1. The Morgan fingerprint density at radius 3 is 3.11 bits per heavy atom. The quantitative estimate of drug-likeness (QED) is 0.705. The summed E-state index contributed by atoms with van der Waals surface area (Å²) in [5, 5.41) is 10.4. The minimum atomic E-state index is -0.209. The summed E-state index contributed by atoms with van der Waals surface area (Å²) in [5.41, 5.74) is 7.49. The number of aromatic amines is 1. The molecule has 0 aliphatic carbocycles. The van der Waals surface area contributed by atoms with Gasteiger partial charge in [0.15, 0.2) is 5.69 Å². The molecule has 4 N–H and O–H groups in total. The van der Waals surface area contributed by atoms with Crippen LogP contribution in [-0.4, -0.2) is 36.4 Å². The van der Waals surface area contributed by atoms with E-state index in [-0.39, 0.29) is 11.8 Å². The van der Waals surface area contributed by atoms with Gasteiger partial charge in [-0.05, 0) is 24.1 Å². The Morgan fingerprint density at radius 1 is 1.58 bits per heavy atom. The number of carbonyl (C=O) groups excluding carboxylic acids is 1. The summed E-state index contributed by atoms with van der Waals surface area (Å²) >= 11 is 0. The van der Waals surface area contributed by atoms with Crippen molar-refractivity contribution in [3.05, 3.63) is 23.9 Å². The van der Waals surface area contributed by atoms with E-state index in [0.29, 0.717) is 24.5 Å². The van der Waals surface area contributed by atoms with E-state index in [1.807, 2.05) is 13.0 Å². The third-order valence-electron chi connectivity index (χ3n) is 2.86. The number of nitrogen functional groups attached to an aromatic ring is 1. The summed E-state index contributed by atoms with van der Waals surface area (Å²) in [7, 11) is 1.64. The largest absolute Gasteiger partial charge is 0.399 e. The molecule has 6 heteroatoms. The van der Waals surface area contributed by atoms with Gasteiger partial charge in [0.2, 0.25) is 0 Å². The van der Waals surface area contributed by atoms with Crippen molar-refractivity contribution in [1.82, 2.24) is 15.5 Å². The summed E-state index contributed by atoms with van der Waals surface area (Å²) < 4.78 is 5.02. The number of hydrogen-bond acceptors (Lipinski definition) is 4. The first-order valence-corrected chi connectivity index (χ1v) is 6.12. The summed E-state index contributed by atoms with van der Waals surface area (Å²) in [4.78, 5) is 12.1. The van der Waals surface area contributed by atoms with Gasteiger partial charge in [0, 0.05) is 24.7 Å². The molecule has 0 spiro atoms. The van der Waals surface area contributed by atoms with Crippen LogP contribution in [0.2, 0.25) is 0 Å². The van der Waals surface area contributed by atoms with Crippen molar-refractivity contribution in [2.75, 3.05) is 26.0 Å². The summed E-state index contributed by atoms with van der Waals surface area (Å²) in [5.74, 6) is 0.0454. The fourth-order valence-corrected chi connectivity index (χ4v) is 1.90. The second kappa shape index (κ2) is 5.71. The number of H-pyrrole nitrogens is 1. The van der Waals surface area contributed by atoms with Crippen LogP contribution in [0.3, 0.4) is 0 Å². The van der Waals surface area contributed by atoms with E-state index in [1.165, 1.54) is 0 Å². The smallest absolute Gasteiger partial charge is 0.272 e. The van der Waals surface area contributed by atoms with Crippen LogP contribution in [0.5, 0.6) is 0 Å². The lowest BCUT2D eigenvalue weighted by Gasteiger charge is -2.10. The van der Waals surface area contributed by atoms with Gasteiger partial charge in [-0.2, -0.15) is 5.10 Å². The first-order chi connectivity index (χ1) is 9.11. The molecule has 0 radical (unpaired) electrons. The molecule has 0 saturated carbocycles. The van der Waals surface area contributed by atoms with Crippen molar-refractivity contribution in [3.63, 3.8) is 0 Å². The van der Waals surface area contributed by atoms with Crippen LogP contribution in [0, 0.1) is 5.92 Å². The average molecular weight is 262 g/mol. The van der Waals surface area contributed by atoms with E-state index in [1.54, 1.807) is 19.2 Å². The molecule has 1 unspecified atom stereocenters. The molecule has 102 valence electrons. The maximum Gasteiger partial charge on any atom is 0.272 e. The Labute approximate surface area is 111 Å². The van der Waals surface area contributed by atoms with Crippen molar-refractivity contribution in [2.24, 2.45) is 5.92 Å². The van der Waals surface area contributed by atoms with E-state index < -0.39 is 0 Å². The number of carbonyl (C=O) groups is 1. The molecule has 2 rings (SSSR count). The lowest BCUT2D eigenvalue weighted by Crippen LogP contribution is -2.30. The molecule has 1 atom stereocenters. The number of aromatic nitrogens is 2. The maximum absolute atomic E-state index is 12.1. The molecule has 2 aromatic rings. The molecule has 0 aliphatic rings. The number of nitrogens with zero attached hydrogens (tertiary/aromatic N) is 1. The number of benzene rings is 1. The lowest BCUT2D eigenvalue weighted by atomic mass is 10.1. The predicted molar refractivity (Wildman–Crippen MR) is 73.9 cm³/mol. The molecule has 0 fully saturated rings. The van der Waals surface area contributed by atoms with Gasteiger partial charge in [-0.3, -0.25) is 9.89 Å². The van der Waals surface area contributed by atoms with Gasteiger partial charge >= 0.3 is 0 Å². The molecular weight excluding hydrogens is 244 g/mol. The van der Waals surface area contributed by atoms with Crippen molar-refractivity contribution < 1.29 is 9.53 Å². The van der Waals surface area contributed by atoms with Gasteiger partial charge in [0.1, 0.15) is 0 Å². The van der Waals surface area contributed by atoms with Crippen LogP contribution in [0.25, 0.3) is 10.9 Å². The molecule has 0 aliphatic heterocycles. The Kier molecular flexibility index (Phi) is 4.01. The maximum atomic E-state index is 12.1. The van der Waals surface area contributed by atoms with Crippen molar-refractivity contribution in [2.45, 2.75) is 6.92 Å². The van der Waals surface area contributed by atoms with Crippen molar-refractivity contribution >= 4 is 22.5 Å². The standard InChI is InChI=1S/C13H18N4O2/c1-8(7-19-2)6-15-13(18)12-10-5-9(14)3-4-11(10)16-17-12/h3-5,8H,6-7,14H2,1-2H3,(H,15,18)(H,16,17). The van der Waals surface area contributed by atoms with Gasteiger partial charge in [-0.25, -0.2) is 0 Å². The molecule has 1 heterocycles. The topological polar surface area (TPSA) is 93.0 Å². The number of nitrogens with one attached hydrogen (secondary N) is 2. The number of hydrogen-bond donors (Lipinski definition) is 3. The number of anilines is 1. The zero-order valence-electron chi connectivity index (χ0n) is 11.1. The highest BCUT2D eigenvalue weighted by molar-refractivity contribution is 6.05. The molecule has 1 aromatic carbocycles. The number of fused-ring (bicyclic) bond motifs is 1. The summed E-state index contributed by atoms with van der Waals surface area (Å²) in [6.07, 6.45) is 0. The summed E-state index contributed by atoms with van der Waals surface area (Å²) in [6.45, 7) is 3.16. The van der Waals surface area contributed by atoms with Crippen LogP contribution >= 0.6 is 0 Å². The van der Waals surface area contributed by atoms with Gasteiger partial charge in [-0.1, -0.05) is 6.92 Å². The fourth-order valence-electron chi connectivity index (χ4n) is 1.90. The lowest BCUT2D eigenvalue weighted by molar-refractivity contribution is 0.0930. The Bertz CT molecular complexity index is 579. The number of nitrogens with two attached hydrogens (primary N) is 1. The summed E-state index contributed by atoms with van der Waals surface area (Å²) in [6, 6.07) is 5.32. The third-order valence-corrected chi connectivity index (χ3v) is 2.86. The Morgan fingerprint density at radius 2 is 2.37 bits per heavy atom. The van der Waals surface area contributed by atoms with Gasteiger partial charge < -0.3 is 15.8 Å². The predicted octanol–water partition coefficient (Wildman–Crippen LogP) is 1.16. The molecular formula is C13H18N4O2. The Balaban J connectivity index is 2.11. The first kappa shape index (κ1) is 13.4. The normalized spacial score (nSPS) is 12.5. The fraction of sp³-hybridized carbons (Fsp3) is 0.385. The van der Waals surface area contributed by atoms with Gasteiger partial charge in [0.05, 0.1) is 12.1 Å². The first-order valence-electron chi connectivity index (χ1n) is 6.12. The highest BCUT2D eigenvalue weighted by Gasteiger charge is 2.14.